The molecule has 1 rings (SSSR count). The van der Waals surface area contributed by atoms with E-state index < -0.39 is 0 Å². The lowest BCUT2D eigenvalue weighted by atomic mass is 9.67. The van der Waals surface area contributed by atoms with Crippen LogP contribution in [0.3, 0.4) is 0 Å². The molecule has 90 valence electrons. The van der Waals surface area contributed by atoms with Crippen molar-refractivity contribution in [2.75, 3.05) is 18.1 Å². The lowest BCUT2D eigenvalue weighted by Crippen LogP contribution is -2.36. The summed E-state index contributed by atoms with van der Waals surface area (Å²) in [5, 5.41) is 0. The summed E-state index contributed by atoms with van der Waals surface area (Å²) in [6.07, 6.45) is 8.32. The zero-order valence-corrected chi connectivity index (χ0v) is 11.2. The largest absolute Gasteiger partial charge is 0.330 e. The second-order valence-electron chi connectivity index (χ2n) is 5.02. The predicted molar refractivity (Wildman–Crippen MR) is 71.4 cm³/mol. The maximum Gasteiger partial charge on any atom is -0.00201 e. The zero-order valence-electron chi connectivity index (χ0n) is 10.4. The molecule has 1 fully saturated rings. The van der Waals surface area contributed by atoms with Crippen LogP contribution in [-0.4, -0.2) is 18.1 Å². The molecule has 0 aromatic carbocycles. The van der Waals surface area contributed by atoms with Crippen LogP contribution in [0.15, 0.2) is 0 Å². The van der Waals surface area contributed by atoms with Crippen LogP contribution in [0.2, 0.25) is 0 Å². The molecule has 0 heterocycles. The highest BCUT2D eigenvalue weighted by Crippen LogP contribution is 2.42. The van der Waals surface area contributed by atoms with Crippen molar-refractivity contribution >= 4 is 11.8 Å². The van der Waals surface area contributed by atoms with E-state index in [4.69, 9.17) is 5.73 Å². The third-order valence-corrected chi connectivity index (χ3v) is 4.93. The third kappa shape index (κ3) is 3.99. The van der Waals surface area contributed by atoms with Gasteiger partial charge in [-0.15, -0.1) is 0 Å². The molecule has 2 heteroatoms. The molecule has 1 saturated carbocycles. The van der Waals surface area contributed by atoms with Crippen molar-refractivity contribution < 1.29 is 0 Å². The van der Waals surface area contributed by atoms with Gasteiger partial charge in [0.1, 0.15) is 0 Å². The normalized spacial score (nSPS) is 31.8. The molecule has 0 aromatic heterocycles. The minimum absolute atomic E-state index is 0.501. The fourth-order valence-corrected chi connectivity index (χ4v) is 3.74. The number of hydrogen-bond acceptors (Lipinski definition) is 2. The molecule has 2 unspecified atom stereocenters. The summed E-state index contributed by atoms with van der Waals surface area (Å²) in [5.74, 6) is 3.51. The van der Waals surface area contributed by atoms with E-state index in [0.29, 0.717) is 5.41 Å². The third-order valence-electron chi connectivity index (χ3n) is 4.03. The van der Waals surface area contributed by atoms with Crippen molar-refractivity contribution in [3.63, 3.8) is 0 Å². The van der Waals surface area contributed by atoms with E-state index in [1.54, 1.807) is 0 Å². The molecule has 2 N–H and O–H groups in total. The van der Waals surface area contributed by atoms with E-state index in [-0.39, 0.29) is 0 Å². The maximum atomic E-state index is 6.03. The average Bonchev–Trinajstić information content (AvgIpc) is 2.30. The Morgan fingerprint density at radius 3 is 2.80 bits per heavy atom. The molecular formula is C13H27NS. The molecule has 0 spiro atoms. The number of rotatable bonds is 6. The van der Waals surface area contributed by atoms with Crippen molar-refractivity contribution in [3.8, 4) is 0 Å². The van der Waals surface area contributed by atoms with E-state index in [0.717, 1.165) is 12.5 Å². The van der Waals surface area contributed by atoms with E-state index in [9.17, 15) is 0 Å². The number of hydrogen-bond donors (Lipinski definition) is 1. The molecule has 0 bridgehead atoms. The van der Waals surface area contributed by atoms with Gasteiger partial charge in [0.15, 0.2) is 0 Å². The molecule has 1 aliphatic carbocycles. The van der Waals surface area contributed by atoms with Gasteiger partial charge in [-0.1, -0.05) is 33.1 Å². The Bertz CT molecular complexity index is 172. The smallest absolute Gasteiger partial charge is 0.00201 e. The molecule has 0 aliphatic heterocycles. The molecule has 15 heavy (non-hydrogen) atoms. The molecule has 0 amide bonds. The Labute approximate surface area is 99.6 Å². The maximum absolute atomic E-state index is 6.03. The van der Waals surface area contributed by atoms with Crippen LogP contribution in [0, 0.1) is 11.3 Å². The molecular weight excluding hydrogens is 202 g/mol. The van der Waals surface area contributed by atoms with Crippen molar-refractivity contribution in [2.45, 2.75) is 52.4 Å². The minimum atomic E-state index is 0.501. The average molecular weight is 229 g/mol. The van der Waals surface area contributed by atoms with Crippen LogP contribution in [0.25, 0.3) is 0 Å². The quantitative estimate of drug-likeness (QED) is 0.703. The first-order valence-corrected chi connectivity index (χ1v) is 7.69. The SMILES string of the molecule is CCSCCC1(CN)CCCC(CC)C1. The lowest BCUT2D eigenvalue weighted by Gasteiger charge is -2.40. The van der Waals surface area contributed by atoms with Gasteiger partial charge in [-0.2, -0.15) is 11.8 Å². The molecule has 2 atom stereocenters. The predicted octanol–water partition coefficient (Wildman–Crippen LogP) is 3.67. The van der Waals surface area contributed by atoms with Gasteiger partial charge in [-0.3, -0.25) is 0 Å². The Kier molecular flexibility index (Phi) is 6.06. The van der Waals surface area contributed by atoms with E-state index in [1.807, 2.05) is 0 Å². The first kappa shape index (κ1) is 13.4. The summed E-state index contributed by atoms with van der Waals surface area (Å²) in [4.78, 5) is 0. The van der Waals surface area contributed by atoms with Gasteiger partial charge in [0, 0.05) is 0 Å². The molecule has 0 aromatic rings. The summed E-state index contributed by atoms with van der Waals surface area (Å²) in [6.45, 7) is 5.49. The van der Waals surface area contributed by atoms with Gasteiger partial charge in [0.2, 0.25) is 0 Å². The standard InChI is InChI=1S/C13H27NS/c1-3-12-6-5-7-13(10-12,11-14)8-9-15-4-2/h12H,3-11,14H2,1-2H3. The Balaban J connectivity index is 2.43. The number of thioether (sulfide) groups is 1. The van der Waals surface area contributed by atoms with Crippen LogP contribution >= 0.6 is 11.8 Å². The second kappa shape index (κ2) is 6.80. The van der Waals surface area contributed by atoms with Crippen LogP contribution in [-0.2, 0) is 0 Å². The van der Waals surface area contributed by atoms with Crippen molar-refractivity contribution in [3.05, 3.63) is 0 Å². The molecule has 1 nitrogen and oxygen atoms in total. The summed E-state index contributed by atoms with van der Waals surface area (Å²) in [6, 6.07) is 0. The Hall–Kier alpha value is 0.310. The molecule has 0 radical (unpaired) electrons. The minimum Gasteiger partial charge on any atom is -0.330 e. The summed E-state index contributed by atoms with van der Waals surface area (Å²) >= 11 is 2.07. The van der Waals surface area contributed by atoms with Gasteiger partial charge in [0.25, 0.3) is 0 Å². The highest BCUT2D eigenvalue weighted by Gasteiger charge is 2.33. The summed E-state index contributed by atoms with van der Waals surface area (Å²) in [7, 11) is 0. The van der Waals surface area contributed by atoms with Gasteiger partial charge < -0.3 is 5.73 Å². The van der Waals surface area contributed by atoms with Crippen LogP contribution in [0.5, 0.6) is 0 Å². The van der Waals surface area contributed by atoms with Crippen molar-refractivity contribution in [2.24, 2.45) is 17.1 Å². The van der Waals surface area contributed by atoms with E-state index in [2.05, 4.69) is 25.6 Å². The van der Waals surface area contributed by atoms with Crippen molar-refractivity contribution in [1.82, 2.24) is 0 Å². The fourth-order valence-electron chi connectivity index (χ4n) is 2.88. The van der Waals surface area contributed by atoms with Gasteiger partial charge in [0.05, 0.1) is 0 Å². The van der Waals surface area contributed by atoms with E-state index >= 15 is 0 Å². The van der Waals surface area contributed by atoms with Gasteiger partial charge in [-0.25, -0.2) is 0 Å². The van der Waals surface area contributed by atoms with Gasteiger partial charge >= 0.3 is 0 Å². The summed E-state index contributed by atoms with van der Waals surface area (Å²) < 4.78 is 0. The number of nitrogens with two attached hydrogens (primary N) is 1. The second-order valence-corrected chi connectivity index (χ2v) is 6.42. The first-order chi connectivity index (χ1) is 7.26. The van der Waals surface area contributed by atoms with Crippen LogP contribution in [0.4, 0.5) is 0 Å². The Morgan fingerprint density at radius 1 is 1.40 bits per heavy atom. The zero-order chi connectivity index (χ0) is 11.1. The first-order valence-electron chi connectivity index (χ1n) is 6.54. The Morgan fingerprint density at radius 2 is 2.20 bits per heavy atom. The van der Waals surface area contributed by atoms with Crippen LogP contribution in [0.1, 0.15) is 52.4 Å². The van der Waals surface area contributed by atoms with Gasteiger partial charge in [-0.05, 0) is 48.6 Å². The van der Waals surface area contributed by atoms with E-state index in [1.165, 1.54) is 50.0 Å². The lowest BCUT2D eigenvalue weighted by molar-refractivity contribution is 0.139. The fraction of sp³-hybridized carbons (Fsp3) is 1.00. The molecule has 1 aliphatic rings. The topological polar surface area (TPSA) is 26.0 Å². The highest BCUT2D eigenvalue weighted by molar-refractivity contribution is 7.99. The summed E-state index contributed by atoms with van der Waals surface area (Å²) in [5.41, 5.74) is 6.53. The highest BCUT2D eigenvalue weighted by atomic mass is 32.2. The van der Waals surface area contributed by atoms with Crippen molar-refractivity contribution in [1.29, 1.82) is 0 Å². The van der Waals surface area contributed by atoms with Crippen LogP contribution < -0.4 is 5.73 Å². The monoisotopic (exact) mass is 229 g/mol. The molecule has 0 saturated heterocycles.